The van der Waals surface area contributed by atoms with E-state index in [1.165, 1.54) is 12.0 Å². The van der Waals surface area contributed by atoms with Crippen molar-refractivity contribution in [3.05, 3.63) is 28.8 Å². The summed E-state index contributed by atoms with van der Waals surface area (Å²) in [5, 5.41) is 0. The number of likely N-dealkylation sites (tertiary alicyclic amines) is 1. The number of hydrogen-bond donors (Lipinski definition) is 0. The molecule has 1 aromatic rings. The highest BCUT2D eigenvalue weighted by molar-refractivity contribution is 6.01. The van der Waals surface area contributed by atoms with Crippen molar-refractivity contribution >= 4 is 17.5 Å². The Kier molecular flexibility index (Phi) is 5.16. The van der Waals surface area contributed by atoms with Gasteiger partial charge in [0.05, 0.1) is 5.92 Å². The molecular weight excluding hydrogens is 312 g/mol. The summed E-state index contributed by atoms with van der Waals surface area (Å²) in [7, 11) is 0. The second kappa shape index (κ2) is 7.19. The second-order valence-corrected chi connectivity index (χ2v) is 7.74. The van der Waals surface area contributed by atoms with Gasteiger partial charge in [0.25, 0.3) is 0 Å². The number of amides is 2. The summed E-state index contributed by atoms with van der Waals surface area (Å²) in [6.45, 7) is 9.70. The molecular formula is C21H30N2O2. The third kappa shape index (κ3) is 3.44. The van der Waals surface area contributed by atoms with Crippen LogP contribution in [-0.4, -0.2) is 35.8 Å². The normalized spacial score (nSPS) is 24.1. The van der Waals surface area contributed by atoms with Crippen LogP contribution in [0.4, 0.5) is 5.69 Å². The number of nitrogens with zero attached hydrogens (tertiary/aromatic N) is 2. The van der Waals surface area contributed by atoms with Crippen molar-refractivity contribution < 1.29 is 9.59 Å². The molecule has 0 radical (unpaired) electrons. The molecule has 0 bridgehead atoms. The molecule has 0 saturated carbocycles. The van der Waals surface area contributed by atoms with Gasteiger partial charge in [0.15, 0.2) is 0 Å². The van der Waals surface area contributed by atoms with Crippen LogP contribution in [0.1, 0.15) is 55.7 Å². The Morgan fingerprint density at radius 3 is 2.48 bits per heavy atom. The van der Waals surface area contributed by atoms with E-state index in [0.29, 0.717) is 19.0 Å². The van der Waals surface area contributed by atoms with Crippen LogP contribution >= 0.6 is 0 Å². The minimum atomic E-state index is -0.195. The molecule has 25 heavy (non-hydrogen) atoms. The summed E-state index contributed by atoms with van der Waals surface area (Å²) in [6.07, 6.45) is 4.75. The summed E-state index contributed by atoms with van der Waals surface area (Å²) in [5.74, 6) is 0.0723. The zero-order valence-electron chi connectivity index (χ0n) is 16.0. The van der Waals surface area contributed by atoms with Crippen LogP contribution < -0.4 is 4.90 Å². The molecule has 2 aliphatic heterocycles. The predicted octanol–water partition coefficient (Wildman–Crippen LogP) is 3.76. The zero-order chi connectivity index (χ0) is 18.1. The molecule has 2 amide bonds. The quantitative estimate of drug-likeness (QED) is 0.839. The lowest BCUT2D eigenvalue weighted by atomic mass is 9.97. The first-order valence-corrected chi connectivity index (χ1v) is 9.61. The number of anilines is 1. The van der Waals surface area contributed by atoms with Gasteiger partial charge in [-0.3, -0.25) is 9.59 Å². The standard InChI is InChI=1S/C21H30N2O2/c1-5-18-8-6-7-9-22(18)21(25)17-12-19(24)23(13-17)20-15(3)10-14(2)11-16(20)4/h10-11,17-18H,5-9,12-13H2,1-4H3. The Morgan fingerprint density at radius 2 is 1.84 bits per heavy atom. The molecule has 136 valence electrons. The van der Waals surface area contributed by atoms with Gasteiger partial charge in [-0.2, -0.15) is 0 Å². The number of hydrogen-bond acceptors (Lipinski definition) is 2. The third-order valence-corrected chi connectivity index (χ3v) is 5.76. The van der Waals surface area contributed by atoms with E-state index in [1.807, 2.05) is 4.90 Å². The van der Waals surface area contributed by atoms with E-state index in [2.05, 4.69) is 44.7 Å². The number of carbonyl (C=O) groups is 2. The van der Waals surface area contributed by atoms with Crippen molar-refractivity contribution in [2.24, 2.45) is 5.92 Å². The van der Waals surface area contributed by atoms with Gasteiger partial charge in [0.1, 0.15) is 0 Å². The second-order valence-electron chi connectivity index (χ2n) is 7.74. The minimum absolute atomic E-state index is 0.0819. The number of aryl methyl sites for hydroxylation is 3. The predicted molar refractivity (Wildman–Crippen MR) is 101 cm³/mol. The Labute approximate surface area is 151 Å². The van der Waals surface area contributed by atoms with E-state index < -0.39 is 0 Å². The van der Waals surface area contributed by atoms with Gasteiger partial charge in [-0.1, -0.05) is 24.6 Å². The van der Waals surface area contributed by atoms with Gasteiger partial charge in [-0.25, -0.2) is 0 Å². The van der Waals surface area contributed by atoms with Crippen LogP contribution in [0.3, 0.4) is 0 Å². The van der Waals surface area contributed by atoms with Gasteiger partial charge >= 0.3 is 0 Å². The molecule has 2 saturated heterocycles. The molecule has 3 rings (SSSR count). The fraction of sp³-hybridized carbons (Fsp3) is 0.619. The van der Waals surface area contributed by atoms with Crippen molar-refractivity contribution in [2.75, 3.05) is 18.0 Å². The molecule has 2 heterocycles. The molecule has 2 unspecified atom stereocenters. The molecule has 2 fully saturated rings. The number of benzene rings is 1. The van der Waals surface area contributed by atoms with Crippen LogP contribution in [0, 0.1) is 26.7 Å². The maximum Gasteiger partial charge on any atom is 0.228 e. The number of piperidine rings is 1. The molecule has 0 aromatic heterocycles. The minimum Gasteiger partial charge on any atom is -0.339 e. The largest absolute Gasteiger partial charge is 0.339 e. The van der Waals surface area contributed by atoms with Crippen LogP contribution in [-0.2, 0) is 9.59 Å². The third-order valence-electron chi connectivity index (χ3n) is 5.76. The smallest absolute Gasteiger partial charge is 0.228 e. The summed E-state index contributed by atoms with van der Waals surface area (Å²) in [4.78, 5) is 29.6. The van der Waals surface area contributed by atoms with Gasteiger partial charge < -0.3 is 9.80 Å². The molecule has 0 spiro atoms. The number of carbonyl (C=O) groups excluding carboxylic acids is 2. The molecule has 0 aliphatic carbocycles. The fourth-order valence-corrected chi connectivity index (χ4v) is 4.64. The van der Waals surface area contributed by atoms with Crippen molar-refractivity contribution in [2.45, 2.75) is 65.8 Å². The maximum absolute atomic E-state index is 13.1. The number of rotatable bonds is 3. The van der Waals surface area contributed by atoms with E-state index in [4.69, 9.17) is 0 Å². The molecule has 4 heteroatoms. The molecule has 4 nitrogen and oxygen atoms in total. The van der Waals surface area contributed by atoms with Crippen LogP contribution in [0.2, 0.25) is 0 Å². The highest BCUT2D eigenvalue weighted by Gasteiger charge is 2.39. The fourth-order valence-electron chi connectivity index (χ4n) is 4.64. The first kappa shape index (κ1) is 18.0. The van der Waals surface area contributed by atoms with Crippen molar-refractivity contribution in [3.63, 3.8) is 0 Å². The topological polar surface area (TPSA) is 40.6 Å². The highest BCUT2D eigenvalue weighted by atomic mass is 16.2. The van der Waals surface area contributed by atoms with Gasteiger partial charge in [0, 0.05) is 31.2 Å². The summed E-state index contributed by atoms with van der Waals surface area (Å²) < 4.78 is 0. The van der Waals surface area contributed by atoms with E-state index in [1.54, 1.807) is 0 Å². The van der Waals surface area contributed by atoms with Gasteiger partial charge in [-0.05, 0) is 57.6 Å². The summed E-state index contributed by atoms with van der Waals surface area (Å²) >= 11 is 0. The molecule has 2 atom stereocenters. The zero-order valence-corrected chi connectivity index (χ0v) is 16.0. The molecule has 0 N–H and O–H groups in total. The van der Waals surface area contributed by atoms with Crippen LogP contribution in [0.5, 0.6) is 0 Å². The lowest BCUT2D eigenvalue weighted by Gasteiger charge is -2.36. The monoisotopic (exact) mass is 342 g/mol. The van der Waals surface area contributed by atoms with E-state index in [-0.39, 0.29) is 17.7 Å². The summed E-state index contributed by atoms with van der Waals surface area (Å²) in [5.41, 5.74) is 4.43. The molecule has 1 aromatic carbocycles. The van der Waals surface area contributed by atoms with E-state index >= 15 is 0 Å². The van der Waals surface area contributed by atoms with Gasteiger partial charge in [0.2, 0.25) is 11.8 Å². The van der Waals surface area contributed by atoms with E-state index in [0.717, 1.165) is 42.6 Å². The van der Waals surface area contributed by atoms with Crippen LogP contribution in [0.15, 0.2) is 12.1 Å². The lowest BCUT2D eigenvalue weighted by molar-refractivity contribution is -0.139. The van der Waals surface area contributed by atoms with Crippen molar-refractivity contribution in [3.8, 4) is 0 Å². The average molecular weight is 342 g/mol. The van der Waals surface area contributed by atoms with Crippen molar-refractivity contribution in [1.29, 1.82) is 0 Å². The van der Waals surface area contributed by atoms with Crippen LogP contribution in [0.25, 0.3) is 0 Å². The first-order chi connectivity index (χ1) is 11.9. The molecule has 2 aliphatic rings. The maximum atomic E-state index is 13.1. The first-order valence-electron chi connectivity index (χ1n) is 9.61. The summed E-state index contributed by atoms with van der Waals surface area (Å²) in [6, 6.07) is 4.58. The highest BCUT2D eigenvalue weighted by Crippen LogP contribution is 2.33. The Balaban J connectivity index is 1.80. The SMILES string of the molecule is CCC1CCCCN1C(=O)C1CC(=O)N(c2c(C)cc(C)cc2C)C1. The lowest BCUT2D eigenvalue weighted by Crippen LogP contribution is -2.46. The van der Waals surface area contributed by atoms with Gasteiger partial charge in [-0.15, -0.1) is 0 Å². The Hall–Kier alpha value is -1.84. The Morgan fingerprint density at radius 1 is 1.16 bits per heavy atom. The Bertz CT molecular complexity index is 659. The van der Waals surface area contributed by atoms with Crippen molar-refractivity contribution in [1.82, 2.24) is 4.90 Å². The average Bonchev–Trinajstić information content (AvgIpc) is 2.95. The van der Waals surface area contributed by atoms with E-state index in [9.17, 15) is 9.59 Å².